The molecule has 2 aliphatic rings. The molecule has 1 aromatic rings. The van der Waals surface area contributed by atoms with Crippen LogP contribution in [0.3, 0.4) is 0 Å². The zero-order valence-corrected chi connectivity index (χ0v) is 14.0. The first-order valence-corrected chi connectivity index (χ1v) is 8.39. The van der Waals surface area contributed by atoms with E-state index in [2.05, 4.69) is 29.2 Å². The third-order valence-electron chi connectivity index (χ3n) is 5.00. The van der Waals surface area contributed by atoms with Crippen LogP contribution in [0.5, 0.6) is 0 Å². The van der Waals surface area contributed by atoms with Crippen LogP contribution in [0.25, 0.3) is 0 Å². The van der Waals surface area contributed by atoms with E-state index in [0.717, 1.165) is 38.9 Å². The zero-order valence-electron chi connectivity index (χ0n) is 14.0. The van der Waals surface area contributed by atoms with E-state index in [4.69, 9.17) is 4.74 Å². The fourth-order valence-corrected chi connectivity index (χ4v) is 4.07. The molecule has 0 radical (unpaired) electrons. The number of benzene rings is 1. The first-order chi connectivity index (χ1) is 10.4. The highest BCUT2D eigenvalue weighted by Gasteiger charge is 2.55. The molecule has 0 spiro atoms. The Labute approximate surface area is 133 Å². The minimum absolute atomic E-state index is 0.0260. The number of hydrogen-bond acceptors (Lipinski definition) is 3. The molecule has 22 heavy (non-hydrogen) atoms. The van der Waals surface area contributed by atoms with Crippen molar-refractivity contribution in [3.05, 3.63) is 35.9 Å². The highest BCUT2D eigenvalue weighted by Crippen LogP contribution is 2.50. The van der Waals surface area contributed by atoms with Crippen LogP contribution in [0, 0.1) is 11.3 Å². The van der Waals surface area contributed by atoms with Crippen molar-refractivity contribution in [3.63, 3.8) is 0 Å². The van der Waals surface area contributed by atoms with Gasteiger partial charge in [-0.15, -0.1) is 0 Å². The van der Waals surface area contributed by atoms with Gasteiger partial charge in [0.25, 0.3) is 0 Å². The average molecular weight is 301 g/mol. The van der Waals surface area contributed by atoms with E-state index >= 15 is 0 Å². The molecule has 2 fully saturated rings. The lowest BCUT2D eigenvalue weighted by molar-refractivity contribution is -0.168. The second-order valence-electron chi connectivity index (χ2n) is 7.90. The number of rotatable bonds is 3. The van der Waals surface area contributed by atoms with E-state index in [9.17, 15) is 4.79 Å². The fourth-order valence-electron chi connectivity index (χ4n) is 4.07. The molecular formula is C19H27NO2. The first kappa shape index (κ1) is 15.5. The first-order valence-electron chi connectivity index (χ1n) is 8.39. The molecule has 1 saturated carbocycles. The number of carbonyl (C=O) groups excluding carboxylic acids is 1. The molecular weight excluding hydrogens is 274 g/mol. The SMILES string of the molecule is CC(C)(C)OC(=O)C12CCCC1CN(Cc1ccccc1)C2. The molecule has 120 valence electrons. The minimum Gasteiger partial charge on any atom is -0.459 e. The second-order valence-corrected chi connectivity index (χ2v) is 7.90. The summed E-state index contributed by atoms with van der Waals surface area (Å²) in [6.45, 7) is 8.68. The summed E-state index contributed by atoms with van der Waals surface area (Å²) < 4.78 is 5.76. The molecule has 0 amide bonds. The fraction of sp³-hybridized carbons (Fsp3) is 0.632. The van der Waals surface area contributed by atoms with Crippen LogP contribution < -0.4 is 0 Å². The predicted molar refractivity (Wildman–Crippen MR) is 87.3 cm³/mol. The molecule has 2 unspecified atom stereocenters. The summed E-state index contributed by atoms with van der Waals surface area (Å²) in [5, 5.41) is 0. The van der Waals surface area contributed by atoms with Crippen LogP contribution in [0.2, 0.25) is 0 Å². The van der Waals surface area contributed by atoms with Gasteiger partial charge in [-0.2, -0.15) is 0 Å². The third kappa shape index (κ3) is 3.05. The Bertz CT molecular complexity index is 534. The van der Waals surface area contributed by atoms with E-state index in [-0.39, 0.29) is 11.4 Å². The van der Waals surface area contributed by atoms with Gasteiger partial charge in [-0.3, -0.25) is 9.69 Å². The lowest BCUT2D eigenvalue weighted by atomic mass is 9.80. The number of nitrogens with zero attached hydrogens (tertiary/aromatic N) is 1. The molecule has 1 aliphatic heterocycles. The Balaban J connectivity index is 1.72. The average Bonchev–Trinajstić information content (AvgIpc) is 2.95. The van der Waals surface area contributed by atoms with Crippen molar-refractivity contribution in [2.45, 2.75) is 52.2 Å². The van der Waals surface area contributed by atoms with Gasteiger partial charge in [0.05, 0.1) is 5.41 Å². The number of hydrogen-bond donors (Lipinski definition) is 0. The largest absolute Gasteiger partial charge is 0.459 e. The lowest BCUT2D eigenvalue weighted by Crippen LogP contribution is -2.41. The van der Waals surface area contributed by atoms with Crippen molar-refractivity contribution >= 4 is 5.97 Å². The van der Waals surface area contributed by atoms with Gasteiger partial charge < -0.3 is 4.74 Å². The minimum atomic E-state index is -0.397. The summed E-state index contributed by atoms with van der Waals surface area (Å²) in [4.78, 5) is 15.2. The molecule has 1 saturated heterocycles. The summed E-state index contributed by atoms with van der Waals surface area (Å²) in [5.74, 6) is 0.490. The maximum Gasteiger partial charge on any atom is 0.314 e. The van der Waals surface area contributed by atoms with Gasteiger partial charge in [-0.05, 0) is 45.1 Å². The number of carbonyl (C=O) groups is 1. The van der Waals surface area contributed by atoms with E-state index in [1.54, 1.807) is 0 Å². The van der Waals surface area contributed by atoms with Crippen LogP contribution >= 0.6 is 0 Å². The van der Waals surface area contributed by atoms with Crippen molar-refractivity contribution in [2.75, 3.05) is 13.1 Å². The Hall–Kier alpha value is -1.35. The van der Waals surface area contributed by atoms with Crippen molar-refractivity contribution in [3.8, 4) is 0 Å². The van der Waals surface area contributed by atoms with Crippen molar-refractivity contribution < 1.29 is 9.53 Å². The van der Waals surface area contributed by atoms with Crippen LogP contribution in [-0.4, -0.2) is 29.6 Å². The Kier molecular flexibility index (Phi) is 4.02. The normalized spacial score (nSPS) is 28.6. The maximum atomic E-state index is 12.8. The topological polar surface area (TPSA) is 29.5 Å². The molecule has 3 heteroatoms. The number of fused-ring (bicyclic) bond motifs is 1. The van der Waals surface area contributed by atoms with Gasteiger partial charge in [-0.1, -0.05) is 36.8 Å². The molecule has 0 aromatic heterocycles. The predicted octanol–water partition coefficient (Wildman–Crippen LogP) is 3.63. The van der Waals surface area contributed by atoms with Gasteiger partial charge in [0.2, 0.25) is 0 Å². The number of ether oxygens (including phenoxy) is 1. The maximum absolute atomic E-state index is 12.8. The number of esters is 1. The van der Waals surface area contributed by atoms with Gasteiger partial charge in [0, 0.05) is 19.6 Å². The summed E-state index contributed by atoms with van der Waals surface area (Å²) in [6, 6.07) is 10.5. The summed E-state index contributed by atoms with van der Waals surface area (Å²) in [5.41, 5.74) is 0.662. The highest BCUT2D eigenvalue weighted by molar-refractivity contribution is 5.79. The van der Waals surface area contributed by atoms with Gasteiger partial charge in [0.15, 0.2) is 0 Å². The van der Waals surface area contributed by atoms with E-state index < -0.39 is 5.60 Å². The molecule has 3 nitrogen and oxygen atoms in total. The molecule has 1 aromatic carbocycles. The van der Waals surface area contributed by atoms with E-state index in [0.29, 0.717) is 5.92 Å². The van der Waals surface area contributed by atoms with Gasteiger partial charge in [0.1, 0.15) is 5.60 Å². The Morgan fingerprint density at radius 1 is 1.32 bits per heavy atom. The monoisotopic (exact) mass is 301 g/mol. The zero-order chi connectivity index (χ0) is 15.8. The third-order valence-corrected chi connectivity index (χ3v) is 5.00. The summed E-state index contributed by atoms with van der Waals surface area (Å²) in [6.07, 6.45) is 3.30. The highest BCUT2D eigenvalue weighted by atomic mass is 16.6. The Morgan fingerprint density at radius 3 is 2.73 bits per heavy atom. The van der Waals surface area contributed by atoms with Crippen molar-refractivity contribution in [1.82, 2.24) is 4.90 Å². The molecule has 0 N–H and O–H groups in total. The second kappa shape index (κ2) is 5.69. The Morgan fingerprint density at radius 2 is 2.05 bits per heavy atom. The summed E-state index contributed by atoms with van der Waals surface area (Å²) >= 11 is 0. The quantitative estimate of drug-likeness (QED) is 0.798. The molecule has 1 aliphatic carbocycles. The molecule has 0 bridgehead atoms. The van der Waals surface area contributed by atoms with Gasteiger partial charge >= 0.3 is 5.97 Å². The smallest absolute Gasteiger partial charge is 0.314 e. The summed E-state index contributed by atoms with van der Waals surface area (Å²) in [7, 11) is 0. The number of likely N-dealkylation sites (tertiary alicyclic amines) is 1. The molecule has 1 heterocycles. The molecule has 3 rings (SSSR count). The van der Waals surface area contributed by atoms with E-state index in [1.165, 1.54) is 5.56 Å². The van der Waals surface area contributed by atoms with Crippen LogP contribution in [0.4, 0.5) is 0 Å². The lowest BCUT2D eigenvalue weighted by Gasteiger charge is -2.31. The van der Waals surface area contributed by atoms with Crippen LogP contribution in [-0.2, 0) is 16.1 Å². The van der Waals surface area contributed by atoms with E-state index in [1.807, 2.05) is 26.8 Å². The van der Waals surface area contributed by atoms with Crippen LogP contribution in [0.1, 0.15) is 45.6 Å². The van der Waals surface area contributed by atoms with Gasteiger partial charge in [-0.25, -0.2) is 0 Å². The standard InChI is InChI=1S/C19H27NO2/c1-18(2,3)22-17(21)19-11-7-10-16(19)13-20(14-19)12-15-8-5-4-6-9-15/h4-6,8-9,16H,7,10-14H2,1-3H3. The van der Waals surface area contributed by atoms with Crippen molar-refractivity contribution in [1.29, 1.82) is 0 Å². The van der Waals surface area contributed by atoms with Crippen LogP contribution in [0.15, 0.2) is 30.3 Å². The molecule has 2 atom stereocenters. The van der Waals surface area contributed by atoms with Crippen molar-refractivity contribution in [2.24, 2.45) is 11.3 Å².